The zero-order valence-corrected chi connectivity index (χ0v) is 11.8. The molecule has 0 aliphatic carbocycles. The third-order valence-corrected chi connectivity index (χ3v) is 4.76. The third kappa shape index (κ3) is 2.36. The molecule has 0 saturated carbocycles. The van der Waals surface area contributed by atoms with Gasteiger partial charge in [0.25, 0.3) is 0 Å². The zero-order valence-electron chi connectivity index (χ0n) is 10.2. The second-order valence-corrected chi connectivity index (χ2v) is 6.23. The van der Waals surface area contributed by atoms with Gasteiger partial charge in [-0.3, -0.25) is 0 Å². The highest BCUT2D eigenvalue weighted by molar-refractivity contribution is 9.10. The van der Waals surface area contributed by atoms with Crippen LogP contribution in [0.2, 0.25) is 0 Å². The minimum absolute atomic E-state index is 0.660. The highest BCUT2D eigenvalue weighted by Crippen LogP contribution is 2.31. The first kappa shape index (κ1) is 11.5. The maximum atomic E-state index is 3.73. The van der Waals surface area contributed by atoms with Crippen molar-refractivity contribution in [2.45, 2.75) is 25.8 Å². The Bertz CT molecular complexity index is 419. The summed E-state index contributed by atoms with van der Waals surface area (Å²) in [6.45, 7) is 5.99. The van der Waals surface area contributed by atoms with Crippen LogP contribution in [-0.4, -0.2) is 30.6 Å². The Morgan fingerprint density at radius 3 is 2.94 bits per heavy atom. The Labute approximate surface area is 112 Å². The molecule has 0 radical (unpaired) electrons. The van der Waals surface area contributed by atoms with Gasteiger partial charge in [-0.1, -0.05) is 6.07 Å². The number of aryl methyl sites for hydroxylation is 1. The van der Waals surface area contributed by atoms with Crippen molar-refractivity contribution in [3.63, 3.8) is 0 Å². The molecule has 92 valence electrons. The molecule has 0 aromatic heterocycles. The Kier molecular flexibility index (Phi) is 3.14. The Morgan fingerprint density at radius 2 is 2.12 bits per heavy atom. The van der Waals surface area contributed by atoms with Crippen LogP contribution in [-0.2, 0) is 0 Å². The summed E-state index contributed by atoms with van der Waals surface area (Å²) >= 11 is 3.65. The zero-order chi connectivity index (χ0) is 11.8. The highest BCUT2D eigenvalue weighted by Gasteiger charge is 2.34. The molecule has 0 spiro atoms. The molecule has 2 saturated heterocycles. The van der Waals surface area contributed by atoms with Gasteiger partial charge in [0.15, 0.2) is 0 Å². The van der Waals surface area contributed by atoms with E-state index >= 15 is 0 Å². The van der Waals surface area contributed by atoms with E-state index in [1.165, 1.54) is 48.2 Å². The second kappa shape index (κ2) is 4.62. The lowest BCUT2D eigenvalue weighted by Crippen LogP contribution is -2.39. The summed E-state index contributed by atoms with van der Waals surface area (Å²) in [4.78, 5) is 2.59. The Balaban J connectivity index is 1.73. The van der Waals surface area contributed by atoms with Crippen LogP contribution in [0.3, 0.4) is 0 Å². The number of hydrogen-bond donors (Lipinski definition) is 1. The van der Waals surface area contributed by atoms with Crippen LogP contribution >= 0.6 is 15.9 Å². The molecule has 3 atom stereocenters. The predicted molar refractivity (Wildman–Crippen MR) is 75.5 cm³/mol. The van der Waals surface area contributed by atoms with E-state index in [1.54, 1.807) is 0 Å². The van der Waals surface area contributed by atoms with Crippen LogP contribution in [0, 0.1) is 12.8 Å². The van der Waals surface area contributed by atoms with Gasteiger partial charge < -0.3 is 10.2 Å². The van der Waals surface area contributed by atoms with E-state index in [9.17, 15) is 0 Å². The molecule has 2 aliphatic heterocycles. The summed E-state index contributed by atoms with van der Waals surface area (Å²) in [5, 5.41) is 3.73. The Morgan fingerprint density at radius 1 is 1.29 bits per heavy atom. The van der Waals surface area contributed by atoms with Gasteiger partial charge in [-0.15, -0.1) is 0 Å². The SMILES string of the molecule is Cc1ccc(NC2CCN3CCC2C3)c(Br)c1. The third-order valence-electron chi connectivity index (χ3n) is 4.10. The minimum Gasteiger partial charge on any atom is -0.381 e. The number of halogens is 1. The molecule has 1 aromatic rings. The lowest BCUT2D eigenvalue weighted by Gasteiger charge is -2.32. The molecular formula is C14H19BrN2. The minimum atomic E-state index is 0.660. The van der Waals surface area contributed by atoms with E-state index in [0.29, 0.717) is 6.04 Å². The van der Waals surface area contributed by atoms with Crippen LogP contribution in [0.15, 0.2) is 22.7 Å². The first-order chi connectivity index (χ1) is 8.22. The van der Waals surface area contributed by atoms with Crippen molar-refractivity contribution < 1.29 is 0 Å². The van der Waals surface area contributed by atoms with Gasteiger partial charge in [0.2, 0.25) is 0 Å². The summed E-state index contributed by atoms with van der Waals surface area (Å²) in [5.41, 5.74) is 2.55. The quantitative estimate of drug-likeness (QED) is 0.901. The van der Waals surface area contributed by atoms with E-state index in [1.807, 2.05) is 0 Å². The smallest absolute Gasteiger partial charge is 0.0487 e. The molecule has 3 unspecified atom stereocenters. The van der Waals surface area contributed by atoms with Crippen molar-refractivity contribution >= 4 is 21.6 Å². The number of piperidine rings is 1. The topological polar surface area (TPSA) is 15.3 Å². The number of rotatable bonds is 2. The number of benzene rings is 1. The van der Waals surface area contributed by atoms with E-state index < -0.39 is 0 Å². The van der Waals surface area contributed by atoms with Gasteiger partial charge in [-0.25, -0.2) is 0 Å². The molecule has 17 heavy (non-hydrogen) atoms. The second-order valence-electron chi connectivity index (χ2n) is 5.37. The molecule has 2 nitrogen and oxygen atoms in total. The molecule has 2 heterocycles. The first-order valence-corrected chi connectivity index (χ1v) is 7.27. The summed E-state index contributed by atoms with van der Waals surface area (Å²) in [5.74, 6) is 0.844. The molecule has 2 aliphatic rings. The molecule has 3 rings (SSSR count). The van der Waals surface area contributed by atoms with E-state index in [4.69, 9.17) is 0 Å². The van der Waals surface area contributed by atoms with Crippen LogP contribution in [0.1, 0.15) is 18.4 Å². The first-order valence-electron chi connectivity index (χ1n) is 6.47. The summed E-state index contributed by atoms with van der Waals surface area (Å²) < 4.78 is 1.19. The van der Waals surface area contributed by atoms with Gasteiger partial charge in [0.05, 0.1) is 0 Å². The fourth-order valence-electron chi connectivity index (χ4n) is 3.08. The van der Waals surface area contributed by atoms with Gasteiger partial charge in [-0.2, -0.15) is 0 Å². The van der Waals surface area contributed by atoms with Crippen LogP contribution in [0.5, 0.6) is 0 Å². The fraction of sp³-hybridized carbons (Fsp3) is 0.571. The lowest BCUT2D eigenvalue weighted by molar-refractivity contribution is 0.255. The molecule has 1 aromatic carbocycles. The van der Waals surface area contributed by atoms with Gasteiger partial charge in [0, 0.05) is 29.3 Å². The monoisotopic (exact) mass is 294 g/mol. The summed E-state index contributed by atoms with van der Waals surface area (Å²) in [7, 11) is 0. The maximum Gasteiger partial charge on any atom is 0.0487 e. The van der Waals surface area contributed by atoms with Gasteiger partial charge in [-0.05, 0) is 65.9 Å². The van der Waals surface area contributed by atoms with Crippen LogP contribution in [0.25, 0.3) is 0 Å². The number of nitrogens with one attached hydrogen (secondary N) is 1. The molecular weight excluding hydrogens is 276 g/mol. The van der Waals surface area contributed by atoms with Crippen molar-refractivity contribution in [3.05, 3.63) is 28.2 Å². The van der Waals surface area contributed by atoms with Gasteiger partial charge >= 0.3 is 0 Å². The molecule has 1 N–H and O–H groups in total. The van der Waals surface area contributed by atoms with Crippen molar-refractivity contribution in [1.29, 1.82) is 0 Å². The number of anilines is 1. The number of nitrogens with zero attached hydrogens (tertiary/aromatic N) is 1. The van der Waals surface area contributed by atoms with Gasteiger partial charge in [0.1, 0.15) is 0 Å². The molecule has 2 bridgehead atoms. The summed E-state index contributed by atoms with van der Waals surface area (Å²) in [6.07, 6.45) is 2.64. The van der Waals surface area contributed by atoms with E-state index in [0.717, 1.165) is 5.92 Å². The standard InChI is InChI=1S/C14H19BrN2/c1-10-2-3-14(12(15)8-10)16-13-5-7-17-6-4-11(13)9-17/h2-3,8,11,13,16H,4-7,9H2,1H3. The van der Waals surface area contributed by atoms with E-state index in [-0.39, 0.29) is 0 Å². The van der Waals surface area contributed by atoms with Crippen molar-refractivity contribution in [3.8, 4) is 0 Å². The van der Waals surface area contributed by atoms with Crippen molar-refractivity contribution in [1.82, 2.24) is 4.90 Å². The maximum absolute atomic E-state index is 3.73. The van der Waals surface area contributed by atoms with E-state index in [2.05, 4.69) is 51.3 Å². The largest absolute Gasteiger partial charge is 0.381 e. The Hall–Kier alpha value is -0.540. The molecule has 2 fully saturated rings. The average Bonchev–Trinajstić information content (AvgIpc) is 2.69. The van der Waals surface area contributed by atoms with Crippen LogP contribution < -0.4 is 5.32 Å². The molecule has 3 heteroatoms. The predicted octanol–water partition coefficient (Wildman–Crippen LogP) is 3.26. The average molecular weight is 295 g/mol. The van der Waals surface area contributed by atoms with Crippen molar-refractivity contribution in [2.75, 3.05) is 25.0 Å². The van der Waals surface area contributed by atoms with Crippen LogP contribution in [0.4, 0.5) is 5.69 Å². The number of fused-ring (bicyclic) bond motifs is 2. The highest BCUT2D eigenvalue weighted by atomic mass is 79.9. The number of hydrogen-bond acceptors (Lipinski definition) is 2. The van der Waals surface area contributed by atoms with Crippen molar-refractivity contribution in [2.24, 2.45) is 5.92 Å². The fourth-order valence-corrected chi connectivity index (χ4v) is 3.69. The molecule has 0 amide bonds. The normalized spacial score (nSPS) is 31.5. The lowest BCUT2D eigenvalue weighted by atomic mass is 9.94. The summed E-state index contributed by atoms with van der Waals surface area (Å²) in [6, 6.07) is 7.22.